The molecule has 0 bridgehead atoms. The van der Waals surface area contributed by atoms with Crippen LogP contribution in [0.15, 0.2) is 10.4 Å². The highest BCUT2D eigenvalue weighted by molar-refractivity contribution is 7.91. The van der Waals surface area contributed by atoms with Crippen molar-refractivity contribution in [2.24, 2.45) is 5.92 Å². The molecule has 0 aromatic carbocycles. The van der Waals surface area contributed by atoms with Crippen LogP contribution in [0, 0.1) is 5.92 Å². The van der Waals surface area contributed by atoms with E-state index in [1.165, 1.54) is 10.5 Å². The third-order valence-electron chi connectivity index (χ3n) is 2.84. The number of nitrogen functional groups attached to an aromatic ring is 1. The zero-order valence-corrected chi connectivity index (χ0v) is 10.7. The van der Waals surface area contributed by atoms with Crippen molar-refractivity contribution < 1.29 is 8.42 Å². The van der Waals surface area contributed by atoms with Gasteiger partial charge in [-0.3, -0.25) is 0 Å². The molecule has 0 aliphatic carbocycles. The van der Waals surface area contributed by atoms with Crippen LogP contribution >= 0.6 is 11.3 Å². The van der Waals surface area contributed by atoms with Gasteiger partial charge in [0.1, 0.15) is 0 Å². The van der Waals surface area contributed by atoms with Gasteiger partial charge >= 0.3 is 0 Å². The fourth-order valence-electron chi connectivity index (χ4n) is 1.74. The highest BCUT2D eigenvalue weighted by Crippen LogP contribution is 2.27. The van der Waals surface area contributed by atoms with Gasteiger partial charge in [-0.05, 0) is 18.8 Å². The highest BCUT2D eigenvalue weighted by Gasteiger charge is 2.29. The monoisotopic (exact) mass is 261 g/mol. The maximum absolute atomic E-state index is 12.1. The van der Waals surface area contributed by atoms with Crippen LogP contribution in [0.25, 0.3) is 0 Å². The molecule has 7 heteroatoms. The first kappa shape index (κ1) is 11.8. The van der Waals surface area contributed by atoms with Gasteiger partial charge in [-0.25, -0.2) is 13.4 Å². The molecule has 1 aliphatic rings. The Hall–Kier alpha value is -0.660. The van der Waals surface area contributed by atoms with Crippen molar-refractivity contribution in [2.45, 2.75) is 24.0 Å². The molecule has 1 aliphatic heterocycles. The van der Waals surface area contributed by atoms with Crippen LogP contribution in [0.2, 0.25) is 0 Å². The summed E-state index contributed by atoms with van der Waals surface area (Å²) < 4.78 is 26.1. The van der Waals surface area contributed by atoms with Crippen LogP contribution in [0.5, 0.6) is 0 Å². The van der Waals surface area contributed by atoms with Crippen molar-refractivity contribution in [3.05, 3.63) is 6.20 Å². The fourth-order valence-corrected chi connectivity index (χ4v) is 4.29. The van der Waals surface area contributed by atoms with E-state index >= 15 is 0 Å². The molecule has 1 aromatic rings. The molecule has 0 spiro atoms. The lowest BCUT2D eigenvalue weighted by molar-refractivity contribution is 0.288. The summed E-state index contributed by atoms with van der Waals surface area (Å²) in [6.07, 6.45) is 3.19. The van der Waals surface area contributed by atoms with E-state index in [1.807, 2.05) is 0 Å². The zero-order valence-electron chi connectivity index (χ0n) is 9.09. The smallest absolute Gasteiger partial charge is 0.254 e. The predicted molar refractivity (Wildman–Crippen MR) is 63.7 cm³/mol. The maximum Gasteiger partial charge on any atom is 0.254 e. The van der Waals surface area contributed by atoms with Gasteiger partial charge in [-0.15, -0.1) is 0 Å². The van der Waals surface area contributed by atoms with E-state index in [-0.39, 0.29) is 4.21 Å². The number of hydrogen-bond acceptors (Lipinski definition) is 5. The van der Waals surface area contributed by atoms with E-state index in [4.69, 9.17) is 5.73 Å². The lowest BCUT2D eigenvalue weighted by atomic mass is 10.0. The Labute approximate surface area is 99.3 Å². The summed E-state index contributed by atoms with van der Waals surface area (Å²) in [4.78, 5) is 3.78. The second-order valence-corrected chi connectivity index (χ2v) is 7.33. The van der Waals surface area contributed by atoms with E-state index in [0.29, 0.717) is 24.1 Å². The largest absolute Gasteiger partial charge is 0.375 e. The van der Waals surface area contributed by atoms with Crippen LogP contribution in [-0.2, 0) is 10.0 Å². The standard InChI is InChI=1S/C9H15N3O2S2/c1-7-2-4-12(5-3-7)16(13,14)8-6-11-9(10)15-8/h6-7H,2-5H2,1H3,(H2,10,11). The molecule has 1 fully saturated rings. The number of nitrogens with zero attached hydrogens (tertiary/aromatic N) is 2. The lowest BCUT2D eigenvalue weighted by Gasteiger charge is -2.28. The summed E-state index contributed by atoms with van der Waals surface area (Å²) in [7, 11) is -3.36. The van der Waals surface area contributed by atoms with Crippen molar-refractivity contribution in [1.82, 2.24) is 9.29 Å². The average molecular weight is 261 g/mol. The number of thiazole rings is 1. The second kappa shape index (κ2) is 4.31. The molecule has 1 aromatic heterocycles. The van der Waals surface area contributed by atoms with Gasteiger partial charge in [0.25, 0.3) is 10.0 Å². The SMILES string of the molecule is CC1CCN(S(=O)(=O)c2cnc(N)s2)CC1. The number of piperidine rings is 1. The van der Waals surface area contributed by atoms with E-state index in [2.05, 4.69) is 11.9 Å². The van der Waals surface area contributed by atoms with Crippen molar-refractivity contribution in [2.75, 3.05) is 18.8 Å². The van der Waals surface area contributed by atoms with Crippen molar-refractivity contribution in [3.8, 4) is 0 Å². The van der Waals surface area contributed by atoms with Gasteiger partial charge in [0.05, 0.1) is 6.20 Å². The number of nitrogens with two attached hydrogens (primary N) is 1. The summed E-state index contributed by atoms with van der Waals surface area (Å²) in [5.74, 6) is 0.609. The molecule has 5 nitrogen and oxygen atoms in total. The number of hydrogen-bond donors (Lipinski definition) is 1. The number of anilines is 1. The summed E-state index contributed by atoms with van der Waals surface area (Å²) in [6, 6.07) is 0. The molecular formula is C9H15N3O2S2. The minimum Gasteiger partial charge on any atom is -0.375 e. The molecule has 0 saturated carbocycles. The second-order valence-electron chi connectivity index (χ2n) is 4.10. The predicted octanol–water partition coefficient (Wildman–Crippen LogP) is 1.15. The van der Waals surface area contributed by atoms with Gasteiger partial charge in [-0.2, -0.15) is 4.31 Å². The van der Waals surface area contributed by atoms with Crippen molar-refractivity contribution in [1.29, 1.82) is 0 Å². The molecule has 2 N–H and O–H groups in total. The van der Waals surface area contributed by atoms with Crippen LogP contribution < -0.4 is 5.73 Å². The minimum atomic E-state index is -3.36. The molecular weight excluding hydrogens is 246 g/mol. The van der Waals surface area contributed by atoms with E-state index < -0.39 is 10.0 Å². The Bertz CT molecular complexity index is 461. The normalized spacial score (nSPS) is 20.1. The van der Waals surface area contributed by atoms with Gasteiger partial charge in [0.2, 0.25) is 0 Å². The van der Waals surface area contributed by atoms with Crippen LogP contribution in [0.1, 0.15) is 19.8 Å². The van der Waals surface area contributed by atoms with Crippen molar-refractivity contribution in [3.63, 3.8) is 0 Å². The van der Waals surface area contributed by atoms with Gasteiger partial charge in [-0.1, -0.05) is 18.3 Å². The van der Waals surface area contributed by atoms with Crippen LogP contribution in [-0.4, -0.2) is 30.8 Å². The fraction of sp³-hybridized carbons (Fsp3) is 0.667. The summed E-state index contributed by atoms with van der Waals surface area (Å²) in [6.45, 7) is 3.34. The lowest BCUT2D eigenvalue weighted by Crippen LogP contribution is -2.37. The van der Waals surface area contributed by atoms with E-state index in [1.54, 1.807) is 0 Å². The molecule has 0 unspecified atom stereocenters. The first-order valence-corrected chi connectivity index (χ1v) is 7.47. The summed E-state index contributed by atoms with van der Waals surface area (Å²) >= 11 is 1.03. The number of rotatable bonds is 2. The van der Waals surface area contributed by atoms with Gasteiger partial charge < -0.3 is 5.73 Å². The molecule has 0 atom stereocenters. The number of aromatic nitrogens is 1. The molecule has 2 heterocycles. The third kappa shape index (κ3) is 2.21. The molecule has 1 saturated heterocycles. The molecule has 0 radical (unpaired) electrons. The number of sulfonamides is 1. The third-order valence-corrected chi connectivity index (χ3v) is 6.00. The Morgan fingerprint density at radius 1 is 1.50 bits per heavy atom. The molecule has 90 valence electrons. The first-order valence-electron chi connectivity index (χ1n) is 5.21. The zero-order chi connectivity index (χ0) is 11.8. The quantitative estimate of drug-likeness (QED) is 0.866. The highest BCUT2D eigenvalue weighted by atomic mass is 32.2. The molecule has 0 amide bonds. The minimum absolute atomic E-state index is 0.250. The topological polar surface area (TPSA) is 76.3 Å². The maximum atomic E-state index is 12.1. The average Bonchev–Trinajstić information content (AvgIpc) is 2.66. The summed E-state index contributed by atoms with van der Waals surface area (Å²) in [5.41, 5.74) is 5.45. The van der Waals surface area contributed by atoms with Gasteiger partial charge in [0.15, 0.2) is 9.34 Å². The molecule has 16 heavy (non-hydrogen) atoms. The Kier molecular flexibility index (Phi) is 3.18. The van der Waals surface area contributed by atoms with E-state index in [0.717, 1.165) is 24.2 Å². The summed E-state index contributed by atoms with van der Waals surface area (Å²) in [5, 5.41) is 0.295. The van der Waals surface area contributed by atoms with Crippen molar-refractivity contribution >= 4 is 26.5 Å². The Morgan fingerprint density at radius 3 is 2.62 bits per heavy atom. The van der Waals surface area contributed by atoms with Crippen LogP contribution in [0.4, 0.5) is 5.13 Å². The van der Waals surface area contributed by atoms with Gasteiger partial charge in [0, 0.05) is 13.1 Å². The Morgan fingerprint density at radius 2 is 2.12 bits per heavy atom. The Balaban J connectivity index is 2.20. The van der Waals surface area contributed by atoms with Crippen LogP contribution in [0.3, 0.4) is 0 Å². The molecule has 2 rings (SSSR count). The van der Waals surface area contributed by atoms with E-state index in [9.17, 15) is 8.42 Å². The first-order chi connectivity index (χ1) is 7.50.